The third-order valence-corrected chi connectivity index (χ3v) is 7.37. The van der Waals surface area contributed by atoms with E-state index in [1.54, 1.807) is 30.7 Å². The number of benzene rings is 3. The van der Waals surface area contributed by atoms with Crippen LogP contribution in [0.3, 0.4) is 0 Å². The van der Waals surface area contributed by atoms with Gasteiger partial charge in [-0.05, 0) is 59.2 Å². The molecule has 0 fully saturated rings. The summed E-state index contributed by atoms with van der Waals surface area (Å²) in [6, 6.07) is 27.0. The lowest BCUT2D eigenvalue weighted by Crippen LogP contribution is -2.40. The summed E-state index contributed by atoms with van der Waals surface area (Å²) in [7, 11) is 1.90. The highest BCUT2D eigenvalue weighted by atomic mass is 32.1. The van der Waals surface area contributed by atoms with Gasteiger partial charge in [0.05, 0.1) is 53.1 Å². The molecule has 7 heteroatoms. The molecule has 5 rings (SSSR count). The van der Waals surface area contributed by atoms with Gasteiger partial charge in [0, 0.05) is 22.0 Å². The fourth-order valence-corrected chi connectivity index (χ4v) is 5.62. The van der Waals surface area contributed by atoms with E-state index in [4.69, 9.17) is 5.73 Å². The number of hydrogen-bond donors (Lipinski definition) is 1. The maximum atomic E-state index is 9.69. The lowest BCUT2D eigenvalue weighted by molar-refractivity contribution is 0.607. The first kappa shape index (κ1) is 22.1. The first-order valence-electron chi connectivity index (χ1n) is 10.7. The SMILES string of the molecule is Cn1cncc1C(N)(c1ccc(C#N)cc1)c1cc2c(-c3cccc(C#N)c3)cc(C#N)cc2s1. The van der Waals surface area contributed by atoms with E-state index in [1.807, 2.05) is 54.1 Å². The summed E-state index contributed by atoms with van der Waals surface area (Å²) in [5.41, 5.74) is 11.2. The molecule has 5 aromatic rings. The molecule has 2 heterocycles. The van der Waals surface area contributed by atoms with Gasteiger partial charge in [0.1, 0.15) is 5.54 Å². The Bertz CT molecular complexity index is 1710. The fourth-order valence-electron chi connectivity index (χ4n) is 4.35. The van der Waals surface area contributed by atoms with Gasteiger partial charge in [0.25, 0.3) is 0 Å². The molecule has 2 N–H and O–H groups in total. The van der Waals surface area contributed by atoms with Crippen molar-refractivity contribution in [3.63, 3.8) is 0 Å². The van der Waals surface area contributed by atoms with Gasteiger partial charge in [-0.15, -0.1) is 11.3 Å². The maximum absolute atomic E-state index is 9.69. The Morgan fingerprint density at radius 1 is 0.886 bits per heavy atom. The molecule has 6 nitrogen and oxygen atoms in total. The van der Waals surface area contributed by atoms with Gasteiger partial charge >= 0.3 is 0 Å². The Hall–Kier alpha value is -4.74. The van der Waals surface area contributed by atoms with Crippen molar-refractivity contribution in [2.24, 2.45) is 12.8 Å². The average Bonchev–Trinajstić information content (AvgIpc) is 3.54. The predicted octanol–water partition coefficient (Wildman–Crippen LogP) is 5.17. The van der Waals surface area contributed by atoms with Crippen LogP contribution in [0.2, 0.25) is 0 Å². The highest BCUT2D eigenvalue weighted by Gasteiger charge is 2.36. The van der Waals surface area contributed by atoms with Crippen LogP contribution >= 0.6 is 11.3 Å². The van der Waals surface area contributed by atoms with E-state index < -0.39 is 5.54 Å². The molecular formula is C28H18N6S. The molecule has 35 heavy (non-hydrogen) atoms. The monoisotopic (exact) mass is 470 g/mol. The summed E-state index contributed by atoms with van der Waals surface area (Å²) in [4.78, 5) is 5.17. The van der Waals surface area contributed by atoms with Crippen LogP contribution in [-0.2, 0) is 12.6 Å². The molecule has 0 aliphatic rings. The van der Waals surface area contributed by atoms with E-state index >= 15 is 0 Å². The van der Waals surface area contributed by atoms with Crippen LogP contribution in [0.15, 0.2) is 79.3 Å². The number of nitrogens with zero attached hydrogens (tertiary/aromatic N) is 5. The summed E-state index contributed by atoms with van der Waals surface area (Å²) in [6.45, 7) is 0. The van der Waals surface area contributed by atoms with Gasteiger partial charge < -0.3 is 10.3 Å². The third-order valence-electron chi connectivity index (χ3n) is 6.15. The molecule has 0 spiro atoms. The van der Waals surface area contributed by atoms with Gasteiger partial charge in [0.2, 0.25) is 0 Å². The van der Waals surface area contributed by atoms with Crippen molar-refractivity contribution < 1.29 is 0 Å². The quantitative estimate of drug-likeness (QED) is 0.389. The molecule has 1 unspecified atom stereocenters. The Morgan fingerprint density at radius 2 is 1.63 bits per heavy atom. The predicted molar refractivity (Wildman–Crippen MR) is 135 cm³/mol. The van der Waals surface area contributed by atoms with Crippen molar-refractivity contribution in [2.75, 3.05) is 0 Å². The Morgan fingerprint density at radius 3 is 2.29 bits per heavy atom. The Kier molecular flexibility index (Phi) is 5.40. The Labute approximate surface area is 206 Å². The molecule has 0 radical (unpaired) electrons. The Balaban J connectivity index is 1.80. The fraction of sp³-hybridized carbons (Fsp3) is 0.0714. The van der Waals surface area contributed by atoms with Crippen molar-refractivity contribution in [3.8, 4) is 29.3 Å². The van der Waals surface area contributed by atoms with E-state index in [0.29, 0.717) is 16.7 Å². The highest BCUT2D eigenvalue weighted by molar-refractivity contribution is 7.19. The minimum atomic E-state index is -1.04. The molecule has 0 saturated carbocycles. The number of hydrogen-bond acceptors (Lipinski definition) is 6. The van der Waals surface area contributed by atoms with E-state index in [1.165, 1.54) is 11.3 Å². The van der Waals surface area contributed by atoms with E-state index in [0.717, 1.165) is 37.3 Å². The minimum absolute atomic E-state index is 0.532. The van der Waals surface area contributed by atoms with Crippen molar-refractivity contribution >= 4 is 21.4 Å². The number of aryl methyl sites for hydroxylation is 1. The van der Waals surface area contributed by atoms with Crippen LogP contribution in [0.4, 0.5) is 0 Å². The molecule has 0 bridgehead atoms. The molecule has 1 atom stereocenters. The number of rotatable bonds is 4. The summed E-state index contributed by atoms with van der Waals surface area (Å²) in [5.74, 6) is 0. The lowest BCUT2D eigenvalue weighted by Gasteiger charge is -2.29. The summed E-state index contributed by atoms with van der Waals surface area (Å²) in [6.07, 6.45) is 3.46. The van der Waals surface area contributed by atoms with Gasteiger partial charge in [-0.3, -0.25) is 0 Å². The molecule has 0 aliphatic heterocycles. The number of imidazole rings is 1. The van der Waals surface area contributed by atoms with Crippen molar-refractivity contribution in [2.45, 2.75) is 5.54 Å². The van der Waals surface area contributed by atoms with Crippen LogP contribution in [0, 0.1) is 34.0 Å². The molecular weight excluding hydrogens is 452 g/mol. The number of aromatic nitrogens is 2. The van der Waals surface area contributed by atoms with Gasteiger partial charge in [-0.1, -0.05) is 24.3 Å². The van der Waals surface area contributed by atoms with Crippen molar-refractivity contribution in [1.29, 1.82) is 15.8 Å². The minimum Gasteiger partial charge on any atom is -0.335 e. The molecule has 166 valence electrons. The zero-order valence-electron chi connectivity index (χ0n) is 18.7. The standard InChI is InChI=1S/C28H18N6S/c1-34-17-33-16-26(34)28(32,22-7-5-18(13-29)6-8-22)27-12-24-23(10-20(15-31)11-25(24)35-27)21-4-2-3-19(9-21)14-30/h2-12,16-17H,32H2,1H3. The average molecular weight is 471 g/mol. The number of thiophene rings is 1. The smallest absolute Gasteiger partial charge is 0.118 e. The zero-order valence-corrected chi connectivity index (χ0v) is 19.5. The molecule has 0 saturated heterocycles. The first-order valence-corrected chi connectivity index (χ1v) is 11.5. The molecule has 0 aliphatic carbocycles. The van der Waals surface area contributed by atoms with Gasteiger partial charge in [-0.25, -0.2) is 4.98 Å². The number of nitriles is 3. The van der Waals surface area contributed by atoms with Crippen LogP contribution in [0.1, 0.15) is 32.8 Å². The van der Waals surface area contributed by atoms with Crippen LogP contribution < -0.4 is 5.73 Å². The van der Waals surface area contributed by atoms with Crippen LogP contribution in [0.25, 0.3) is 21.2 Å². The molecule has 3 aromatic carbocycles. The van der Waals surface area contributed by atoms with Crippen molar-refractivity contribution in [1.82, 2.24) is 9.55 Å². The van der Waals surface area contributed by atoms with E-state index in [2.05, 4.69) is 29.3 Å². The van der Waals surface area contributed by atoms with Gasteiger partial charge in [0.15, 0.2) is 0 Å². The second kappa shape index (κ2) is 8.56. The molecule has 2 aromatic heterocycles. The summed E-state index contributed by atoms with van der Waals surface area (Å²) >= 11 is 1.52. The maximum Gasteiger partial charge on any atom is 0.118 e. The second-order valence-corrected chi connectivity index (χ2v) is 9.32. The highest BCUT2D eigenvalue weighted by Crippen LogP contribution is 2.43. The van der Waals surface area contributed by atoms with Crippen molar-refractivity contribution in [3.05, 3.63) is 112 Å². The van der Waals surface area contributed by atoms with E-state index in [-0.39, 0.29) is 0 Å². The topological polar surface area (TPSA) is 115 Å². The summed E-state index contributed by atoms with van der Waals surface area (Å²) < 4.78 is 2.81. The number of fused-ring (bicyclic) bond motifs is 1. The van der Waals surface area contributed by atoms with Crippen LogP contribution in [-0.4, -0.2) is 9.55 Å². The largest absolute Gasteiger partial charge is 0.335 e. The summed E-state index contributed by atoms with van der Waals surface area (Å²) in [5, 5.41) is 29.3. The third kappa shape index (κ3) is 3.64. The zero-order chi connectivity index (χ0) is 24.6. The van der Waals surface area contributed by atoms with Gasteiger partial charge in [-0.2, -0.15) is 15.8 Å². The first-order chi connectivity index (χ1) is 17.0. The normalized spacial score (nSPS) is 12.4. The van der Waals surface area contributed by atoms with E-state index in [9.17, 15) is 15.8 Å². The van der Waals surface area contributed by atoms with Crippen LogP contribution in [0.5, 0.6) is 0 Å². The number of nitrogens with two attached hydrogens (primary N) is 1. The lowest BCUT2D eigenvalue weighted by atomic mass is 9.85. The second-order valence-electron chi connectivity index (χ2n) is 8.24. The molecule has 0 amide bonds.